The van der Waals surface area contributed by atoms with Crippen LogP contribution in [-0.4, -0.2) is 36.7 Å². The highest BCUT2D eigenvalue weighted by molar-refractivity contribution is 7.98. The van der Waals surface area contributed by atoms with Gasteiger partial charge in [0.25, 0.3) is 0 Å². The first-order valence-electron chi connectivity index (χ1n) is 4.46. The second-order valence-corrected chi connectivity index (χ2v) is 4.03. The first-order valence-corrected chi connectivity index (χ1v) is 5.85. The van der Waals surface area contributed by atoms with Gasteiger partial charge in [-0.05, 0) is 18.4 Å². The number of nitrogens with one attached hydrogen (secondary N) is 1. The van der Waals surface area contributed by atoms with Crippen LogP contribution in [0.15, 0.2) is 0 Å². The molecule has 0 heterocycles. The Morgan fingerprint density at radius 2 is 2.13 bits per heavy atom. The van der Waals surface area contributed by atoms with Crippen LogP contribution in [-0.2, 0) is 4.79 Å². The van der Waals surface area contributed by atoms with Crippen LogP contribution in [0.4, 0.5) is 13.2 Å². The van der Waals surface area contributed by atoms with E-state index in [9.17, 15) is 18.0 Å². The molecule has 0 unspecified atom stereocenters. The van der Waals surface area contributed by atoms with Crippen molar-refractivity contribution in [2.24, 2.45) is 5.73 Å². The third kappa shape index (κ3) is 8.56. The van der Waals surface area contributed by atoms with Crippen LogP contribution in [0.3, 0.4) is 0 Å². The summed E-state index contributed by atoms with van der Waals surface area (Å²) in [5.41, 5.74) is 5.45. The minimum absolute atomic E-state index is 0.407. The van der Waals surface area contributed by atoms with Gasteiger partial charge < -0.3 is 11.1 Å². The van der Waals surface area contributed by atoms with Gasteiger partial charge in [0.1, 0.15) is 0 Å². The zero-order valence-corrected chi connectivity index (χ0v) is 9.25. The van der Waals surface area contributed by atoms with Crippen molar-refractivity contribution in [2.45, 2.75) is 25.1 Å². The third-order valence-corrected chi connectivity index (χ3v) is 2.32. The van der Waals surface area contributed by atoms with Crippen LogP contribution in [0, 0.1) is 0 Å². The van der Waals surface area contributed by atoms with Crippen molar-refractivity contribution in [2.75, 3.05) is 18.6 Å². The number of alkyl halides is 3. The molecule has 0 fully saturated rings. The molecule has 0 aliphatic heterocycles. The summed E-state index contributed by atoms with van der Waals surface area (Å²) >= 11 is 1.54. The zero-order chi connectivity index (χ0) is 11.9. The summed E-state index contributed by atoms with van der Waals surface area (Å²) in [5, 5.41) is 2.15. The predicted molar refractivity (Wildman–Crippen MR) is 54.7 cm³/mol. The molecule has 1 amide bonds. The quantitative estimate of drug-likeness (QED) is 0.736. The van der Waals surface area contributed by atoms with Crippen LogP contribution in [0.2, 0.25) is 0 Å². The first kappa shape index (κ1) is 14.6. The molecule has 0 spiro atoms. The molecule has 0 saturated carbocycles. The lowest BCUT2D eigenvalue weighted by molar-refractivity contribution is -0.135. The SMILES string of the molecule is CSCC[C@H](N)C(=O)NCCC(F)(F)F. The van der Waals surface area contributed by atoms with Crippen molar-refractivity contribution in [3.05, 3.63) is 0 Å². The molecule has 0 radical (unpaired) electrons. The van der Waals surface area contributed by atoms with Crippen LogP contribution in [0.5, 0.6) is 0 Å². The summed E-state index contributed by atoms with van der Waals surface area (Å²) in [7, 11) is 0. The number of rotatable bonds is 6. The molecule has 0 rings (SSSR count). The van der Waals surface area contributed by atoms with Crippen LogP contribution >= 0.6 is 11.8 Å². The van der Waals surface area contributed by atoms with Gasteiger partial charge in [-0.2, -0.15) is 24.9 Å². The van der Waals surface area contributed by atoms with E-state index >= 15 is 0 Å². The maximum atomic E-state index is 11.7. The van der Waals surface area contributed by atoms with Gasteiger partial charge in [0.2, 0.25) is 5.91 Å². The first-order chi connectivity index (χ1) is 6.87. The summed E-state index contributed by atoms with van der Waals surface area (Å²) in [5.74, 6) is 0.196. The molecule has 1 atom stereocenters. The van der Waals surface area contributed by atoms with Gasteiger partial charge in [-0.25, -0.2) is 0 Å². The molecule has 0 bridgehead atoms. The summed E-state index contributed by atoms with van der Waals surface area (Å²) in [6, 6.07) is -0.717. The second kappa shape index (κ2) is 6.95. The highest BCUT2D eigenvalue weighted by atomic mass is 32.2. The molecule has 15 heavy (non-hydrogen) atoms. The fourth-order valence-electron chi connectivity index (χ4n) is 0.834. The van der Waals surface area contributed by atoms with Crippen molar-refractivity contribution in [1.29, 1.82) is 0 Å². The summed E-state index contributed by atoms with van der Waals surface area (Å²) in [6.45, 7) is -0.407. The van der Waals surface area contributed by atoms with Gasteiger partial charge in [-0.3, -0.25) is 4.79 Å². The highest BCUT2D eigenvalue weighted by Gasteiger charge is 2.26. The maximum absolute atomic E-state index is 11.7. The van der Waals surface area contributed by atoms with Crippen molar-refractivity contribution < 1.29 is 18.0 Å². The monoisotopic (exact) mass is 244 g/mol. The average Bonchev–Trinajstić information content (AvgIpc) is 2.11. The van der Waals surface area contributed by atoms with E-state index in [0.717, 1.165) is 0 Å². The normalized spacial score (nSPS) is 13.7. The minimum Gasteiger partial charge on any atom is -0.354 e. The lowest BCUT2D eigenvalue weighted by atomic mass is 10.2. The molecule has 0 aliphatic carbocycles. The number of carbonyl (C=O) groups is 1. The van der Waals surface area contributed by atoms with Crippen LogP contribution in [0.1, 0.15) is 12.8 Å². The van der Waals surface area contributed by atoms with Gasteiger partial charge in [-0.15, -0.1) is 0 Å². The van der Waals surface area contributed by atoms with Crippen LogP contribution < -0.4 is 11.1 Å². The smallest absolute Gasteiger partial charge is 0.354 e. The molecule has 3 N–H and O–H groups in total. The molecule has 0 saturated heterocycles. The van der Waals surface area contributed by atoms with Crippen molar-refractivity contribution in [3.8, 4) is 0 Å². The second-order valence-electron chi connectivity index (χ2n) is 3.04. The van der Waals surface area contributed by atoms with Gasteiger partial charge in [0, 0.05) is 6.54 Å². The number of nitrogens with two attached hydrogens (primary N) is 1. The molecule has 0 aromatic rings. The minimum atomic E-state index is -4.24. The fourth-order valence-corrected chi connectivity index (χ4v) is 1.32. The molecule has 7 heteroatoms. The van der Waals surface area contributed by atoms with Gasteiger partial charge in [-0.1, -0.05) is 0 Å². The molecule has 0 aliphatic rings. The Balaban J connectivity index is 3.64. The van der Waals surface area contributed by atoms with E-state index in [4.69, 9.17) is 5.73 Å². The molecule has 90 valence electrons. The van der Waals surface area contributed by atoms with Crippen molar-refractivity contribution >= 4 is 17.7 Å². The van der Waals surface area contributed by atoms with E-state index in [0.29, 0.717) is 12.2 Å². The molecular formula is C8H15F3N2OS. The predicted octanol–water partition coefficient (Wildman–Crippen LogP) is 1.14. The van der Waals surface area contributed by atoms with Crippen molar-refractivity contribution in [1.82, 2.24) is 5.32 Å². The number of amides is 1. The zero-order valence-electron chi connectivity index (χ0n) is 8.43. The summed E-state index contributed by atoms with van der Waals surface area (Å²) in [6.07, 6.45) is -2.92. The standard InChI is InChI=1S/C8H15F3N2OS/c1-15-5-2-6(12)7(14)13-4-3-8(9,10)11/h6H,2-5,12H2,1H3,(H,13,14)/t6-/m0/s1. The maximum Gasteiger partial charge on any atom is 0.390 e. The summed E-state index contributed by atoms with van der Waals surface area (Å²) in [4.78, 5) is 11.1. The average molecular weight is 244 g/mol. The molecule has 0 aromatic carbocycles. The lowest BCUT2D eigenvalue weighted by Gasteiger charge is -2.12. The number of thioether (sulfide) groups is 1. The summed E-state index contributed by atoms with van der Waals surface area (Å²) < 4.78 is 35.2. The Bertz CT molecular complexity index is 199. The van der Waals surface area contributed by atoms with E-state index in [1.165, 1.54) is 11.8 Å². The largest absolute Gasteiger partial charge is 0.390 e. The van der Waals surface area contributed by atoms with E-state index < -0.39 is 31.1 Å². The van der Waals surface area contributed by atoms with Crippen LogP contribution in [0.25, 0.3) is 0 Å². The Hall–Kier alpha value is -0.430. The topological polar surface area (TPSA) is 55.1 Å². The number of halogens is 3. The number of carbonyl (C=O) groups excluding carboxylic acids is 1. The lowest BCUT2D eigenvalue weighted by Crippen LogP contribution is -2.42. The van der Waals surface area contributed by atoms with E-state index in [2.05, 4.69) is 5.32 Å². The fraction of sp³-hybridized carbons (Fsp3) is 0.875. The Kier molecular flexibility index (Phi) is 6.75. The van der Waals surface area contributed by atoms with Gasteiger partial charge >= 0.3 is 6.18 Å². The molecular weight excluding hydrogens is 229 g/mol. The van der Waals surface area contributed by atoms with E-state index in [1.54, 1.807) is 0 Å². The molecule has 3 nitrogen and oxygen atoms in total. The van der Waals surface area contributed by atoms with E-state index in [-0.39, 0.29) is 0 Å². The molecule has 0 aromatic heterocycles. The number of hydrogen-bond acceptors (Lipinski definition) is 3. The highest BCUT2D eigenvalue weighted by Crippen LogP contribution is 2.18. The van der Waals surface area contributed by atoms with Crippen molar-refractivity contribution in [3.63, 3.8) is 0 Å². The Morgan fingerprint density at radius 3 is 2.60 bits per heavy atom. The Labute approximate surface area is 91.0 Å². The Morgan fingerprint density at radius 1 is 1.53 bits per heavy atom. The van der Waals surface area contributed by atoms with Gasteiger partial charge in [0.05, 0.1) is 12.5 Å². The van der Waals surface area contributed by atoms with E-state index in [1.807, 2.05) is 6.26 Å². The number of hydrogen-bond donors (Lipinski definition) is 2. The third-order valence-electron chi connectivity index (χ3n) is 1.68. The van der Waals surface area contributed by atoms with Gasteiger partial charge in [0.15, 0.2) is 0 Å².